The molecule has 0 aromatic carbocycles. The number of piperidine rings is 1. The molecule has 0 amide bonds. The summed E-state index contributed by atoms with van der Waals surface area (Å²) in [6.07, 6.45) is 7.92. The number of esters is 1. The molecule has 1 N–H and O–H groups in total. The van der Waals surface area contributed by atoms with E-state index >= 15 is 0 Å². The Hall–Kier alpha value is -0.910. The van der Waals surface area contributed by atoms with Crippen molar-refractivity contribution in [3.8, 4) is 0 Å². The second-order valence-electron chi connectivity index (χ2n) is 10.3. The van der Waals surface area contributed by atoms with Gasteiger partial charge in [-0.3, -0.25) is 4.79 Å². The zero-order chi connectivity index (χ0) is 19.7. The molecule has 0 aromatic rings. The number of ether oxygens (including phenoxy) is 2. The summed E-state index contributed by atoms with van der Waals surface area (Å²) in [6, 6.07) is 0. The molecule has 5 rings (SSSR count). The Labute approximate surface area is 168 Å². The lowest BCUT2D eigenvalue weighted by molar-refractivity contribution is -0.284. The van der Waals surface area contributed by atoms with Gasteiger partial charge in [0.15, 0.2) is 5.79 Å². The molecule has 1 saturated carbocycles. The van der Waals surface area contributed by atoms with Crippen molar-refractivity contribution >= 4 is 5.97 Å². The average Bonchev–Trinajstić information content (AvgIpc) is 3.23. The van der Waals surface area contributed by atoms with Gasteiger partial charge in [0.05, 0.1) is 19.6 Å². The van der Waals surface area contributed by atoms with Gasteiger partial charge in [0.25, 0.3) is 0 Å². The Morgan fingerprint density at radius 3 is 2.79 bits per heavy atom. The van der Waals surface area contributed by atoms with Gasteiger partial charge in [0, 0.05) is 30.3 Å². The number of methoxy groups -OCH3 is 1. The van der Waals surface area contributed by atoms with Gasteiger partial charge >= 0.3 is 5.97 Å². The number of hydrogen-bond donors (Lipinski definition) is 1. The Morgan fingerprint density at radius 2 is 2.11 bits per heavy atom. The minimum Gasteiger partial charge on any atom is -0.469 e. The van der Waals surface area contributed by atoms with Gasteiger partial charge in [-0.1, -0.05) is 18.1 Å². The largest absolute Gasteiger partial charge is 0.469 e. The molecule has 3 aliphatic carbocycles. The molecule has 2 saturated heterocycles. The first kappa shape index (κ1) is 19.1. The molecule has 2 heterocycles. The minimum atomic E-state index is -0.971. The van der Waals surface area contributed by atoms with E-state index in [-0.39, 0.29) is 22.7 Å². The molecule has 3 fully saturated rings. The topological polar surface area (TPSA) is 59.0 Å². The van der Waals surface area contributed by atoms with E-state index in [4.69, 9.17) is 9.47 Å². The molecule has 0 aromatic heterocycles. The summed E-state index contributed by atoms with van der Waals surface area (Å²) in [7, 11) is 3.78. The third-order valence-electron chi connectivity index (χ3n) is 9.30. The predicted molar refractivity (Wildman–Crippen MR) is 105 cm³/mol. The van der Waals surface area contributed by atoms with Crippen molar-refractivity contribution in [1.29, 1.82) is 0 Å². The van der Waals surface area contributed by atoms with Crippen LogP contribution in [-0.4, -0.2) is 55.6 Å². The van der Waals surface area contributed by atoms with Crippen LogP contribution in [0.15, 0.2) is 11.1 Å². The van der Waals surface area contributed by atoms with Crippen molar-refractivity contribution in [2.75, 3.05) is 33.9 Å². The molecule has 5 nitrogen and oxygen atoms in total. The van der Waals surface area contributed by atoms with Crippen LogP contribution in [0.3, 0.4) is 0 Å². The maximum atomic E-state index is 12.8. The lowest BCUT2D eigenvalue weighted by atomic mass is 9.50. The first-order chi connectivity index (χ1) is 13.4. The predicted octanol–water partition coefficient (Wildman–Crippen LogP) is 3.12. The molecule has 2 aliphatic heterocycles. The molecule has 2 spiro atoms. The summed E-state index contributed by atoms with van der Waals surface area (Å²) >= 11 is 0. The van der Waals surface area contributed by atoms with Crippen molar-refractivity contribution in [2.24, 2.45) is 28.6 Å². The van der Waals surface area contributed by atoms with E-state index in [1.54, 1.807) is 11.1 Å². The Kier molecular flexibility index (Phi) is 4.29. The van der Waals surface area contributed by atoms with E-state index in [0.29, 0.717) is 31.3 Å². The maximum absolute atomic E-state index is 12.8. The number of carbonyl (C=O) groups is 1. The van der Waals surface area contributed by atoms with Crippen LogP contribution in [0.2, 0.25) is 0 Å². The average molecular weight is 390 g/mol. The molecular weight excluding hydrogens is 354 g/mol. The van der Waals surface area contributed by atoms with Crippen molar-refractivity contribution in [2.45, 2.75) is 64.1 Å². The van der Waals surface area contributed by atoms with Gasteiger partial charge < -0.3 is 19.5 Å². The fourth-order valence-corrected chi connectivity index (χ4v) is 8.02. The van der Waals surface area contributed by atoms with E-state index in [9.17, 15) is 9.90 Å². The Morgan fingerprint density at radius 1 is 1.32 bits per heavy atom. The van der Waals surface area contributed by atoms with Gasteiger partial charge in [-0.2, -0.15) is 0 Å². The lowest BCUT2D eigenvalue weighted by Crippen LogP contribution is -2.64. The normalized spacial score (nSPS) is 47.9. The van der Waals surface area contributed by atoms with Crippen LogP contribution in [0.4, 0.5) is 0 Å². The first-order valence-corrected chi connectivity index (χ1v) is 11.2. The second kappa shape index (κ2) is 6.29. The zero-order valence-electron chi connectivity index (χ0n) is 17.6. The third kappa shape index (κ3) is 2.33. The SMILES string of the molecule is CCC1(O)CCC2(CO1)C1CCC3=C4C(CC3)C(C(=O)OC)CC42CN(C)C1. The Bertz CT molecular complexity index is 707. The fraction of sp³-hybridized carbons (Fsp3) is 0.870. The van der Waals surface area contributed by atoms with E-state index in [2.05, 4.69) is 11.9 Å². The van der Waals surface area contributed by atoms with E-state index in [1.807, 2.05) is 6.92 Å². The summed E-state index contributed by atoms with van der Waals surface area (Å²) < 4.78 is 11.5. The molecule has 6 unspecified atom stereocenters. The van der Waals surface area contributed by atoms with Crippen LogP contribution in [-0.2, 0) is 14.3 Å². The van der Waals surface area contributed by atoms with Crippen molar-refractivity contribution in [1.82, 2.24) is 4.90 Å². The van der Waals surface area contributed by atoms with Crippen LogP contribution < -0.4 is 0 Å². The highest BCUT2D eigenvalue weighted by molar-refractivity contribution is 5.75. The number of allylic oxidation sites excluding steroid dienone is 1. The smallest absolute Gasteiger partial charge is 0.309 e. The van der Waals surface area contributed by atoms with Crippen molar-refractivity contribution in [3.05, 3.63) is 11.1 Å². The molecule has 156 valence electrons. The van der Waals surface area contributed by atoms with Crippen LogP contribution in [0.25, 0.3) is 0 Å². The summed E-state index contributed by atoms with van der Waals surface area (Å²) in [5, 5.41) is 10.8. The van der Waals surface area contributed by atoms with E-state index in [0.717, 1.165) is 38.8 Å². The third-order valence-corrected chi connectivity index (χ3v) is 9.30. The summed E-state index contributed by atoms with van der Waals surface area (Å²) in [4.78, 5) is 15.3. The molecule has 2 bridgehead atoms. The Balaban J connectivity index is 1.64. The fourth-order valence-electron chi connectivity index (χ4n) is 8.02. The van der Waals surface area contributed by atoms with Crippen LogP contribution in [0, 0.1) is 28.6 Å². The summed E-state index contributed by atoms with van der Waals surface area (Å²) in [5.41, 5.74) is 3.31. The van der Waals surface area contributed by atoms with Crippen LogP contribution in [0.5, 0.6) is 0 Å². The second-order valence-corrected chi connectivity index (χ2v) is 10.3. The van der Waals surface area contributed by atoms with Crippen LogP contribution in [0.1, 0.15) is 58.3 Å². The van der Waals surface area contributed by atoms with Gasteiger partial charge in [0.1, 0.15) is 0 Å². The van der Waals surface area contributed by atoms with Gasteiger partial charge in [-0.05, 0) is 63.8 Å². The number of likely N-dealkylation sites (tertiary alicyclic amines) is 1. The lowest BCUT2D eigenvalue weighted by Gasteiger charge is -2.61. The van der Waals surface area contributed by atoms with Crippen LogP contribution >= 0.6 is 0 Å². The standard InChI is InChI=1S/C23H35NO4/c1-4-23(26)10-9-21(14-28-23)16-7-5-15-6-8-17-18(20(25)27-3)11-22(21,19(15)17)13-24(2)12-16/h16-18,26H,4-14H2,1-3H3. The molecule has 0 radical (unpaired) electrons. The summed E-state index contributed by atoms with van der Waals surface area (Å²) in [5.74, 6) is -0.0810. The number of hydrogen-bond acceptors (Lipinski definition) is 5. The summed E-state index contributed by atoms with van der Waals surface area (Å²) in [6.45, 7) is 4.76. The number of aliphatic hydroxyl groups is 1. The molecule has 5 aliphatic rings. The van der Waals surface area contributed by atoms with Crippen molar-refractivity contribution in [3.63, 3.8) is 0 Å². The molecular formula is C23H35NO4. The highest BCUT2D eigenvalue weighted by Crippen LogP contribution is 2.71. The quantitative estimate of drug-likeness (QED) is 0.581. The highest BCUT2D eigenvalue weighted by atomic mass is 16.6. The first-order valence-electron chi connectivity index (χ1n) is 11.2. The van der Waals surface area contributed by atoms with Gasteiger partial charge in [-0.25, -0.2) is 0 Å². The van der Waals surface area contributed by atoms with E-state index < -0.39 is 5.79 Å². The minimum absolute atomic E-state index is 0.00555. The number of carbonyl (C=O) groups excluding carboxylic acids is 1. The number of rotatable bonds is 2. The van der Waals surface area contributed by atoms with Crippen molar-refractivity contribution < 1.29 is 19.4 Å². The molecule has 5 heteroatoms. The molecule has 6 atom stereocenters. The molecule has 28 heavy (non-hydrogen) atoms. The maximum Gasteiger partial charge on any atom is 0.309 e. The van der Waals surface area contributed by atoms with E-state index in [1.165, 1.54) is 20.0 Å². The number of nitrogens with zero attached hydrogens (tertiary/aromatic N) is 1. The van der Waals surface area contributed by atoms with Gasteiger partial charge in [-0.15, -0.1) is 0 Å². The zero-order valence-corrected chi connectivity index (χ0v) is 17.6. The van der Waals surface area contributed by atoms with Gasteiger partial charge in [0.2, 0.25) is 0 Å². The highest BCUT2D eigenvalue weighted by Gasteiger charge is 2.69. The monoisotopic (exact) mass is 389 g/mol.